The van der Waals surface area contributed by atoms with Gasteiger partial charge in [0.1, 0.15) is 16.7 Å². The van der Waals surface area contributed by atoms with Gasteiger partial charge in [-0.15, -0.1) is 0 Å². The maximum atomic E-state index is 13.1. The Morgan fingerprint density at radius 3 is 3.00 bits per heavy atom. The Hall–Kier alpha value is -1.88. The van der Waals surface area contributed by atoms with Crippen LogP contribution in [0.5, 0.6) is 0 Å². The second-order valence-electron chi connectivity index (χ2n) is 3.89. The molecular weight excluding hydrogens is 271 g/mol. The van der Waals surface area contributed by atoms with E-state index in [2.05, 4.69) is 4.98 Å². The molecule has 0 aliphatic carbocycles. The number of carbonyl (C=O) groups excluding carboxylic acids is 1. The lowest BCUT2D eigenvalue weighted by molar-refractivity contribution is 0.0740. The van der Waals surface area contributed by atoms with E-state index in [1.807, 2.05) is 6.92 Å². The van der Waals surface area contributed by atoms with Crippen molar-refractivity contribution >= 4 is 17.5 Å². The van der Waals surface area contributed by atoms with Crippen molar-refractivity contribution in [2.75, 3.05) is 6.54 Å². The fourth-order valence-electron chi connectivity index (χ4n) is 1.66. The van der Waals surface area contributed by atoms with Crippen molar-refractivity contribution in [3.05, 3.63) is 53.0 Å². The standard InChI is InChI=1S/C13H12ClFN2O2/c1-2-17(8-10-4-3-5-19-10)13(18)11-6-9(15)7-16-12(11)14/h3-7H,2,8H2,1H3. The summed E-state index contributed by atoms with van der Waals surface area (Å²) in [5.74, 6) is -0.326. The Morgan fingerprint density at radius 1 is 1.58 bits per heavy atom. The number of furan rings is 1. The van der Waals surface area contributed by atoms with Crippen LogP contribution in [-0.2, 0) is 6.54 Å². The van der Waals surface area contributed by atoms with Crippen LogP contribution in [0.2, 0.25) is 5.15 Å². The minimum absolute atomic E-state index is 0.00991. The van der Waals surface area contributed by atoms with Crippen LogP contribution in [0.3, 0.4) is 0 Å². The summed E-state index contributed by atoms with van der Waals surface area (Å²) < 4.78 is 18.3. The highest BCUT2D eigenvalue weighted by Crippen LogP contribution is 2.17. The van der Waals surface area contributed by atoms with Gasteiger partial charge in [0.25, 0.3) is 5.91 Å². The largest absolute Gasteiger partial charge is 0.467 e. The number of amides is 1. The molecule has 6 heteroatoms. The predicted octanol–water partition coefficient (Wildman–Crippen LogP) is 3.13. The molecule has 2 aromatic heterocycles. The number of nitrogens with zero attached hydrogens (tertiary/aromatic N) is 2. The molecule has 0 aromatic carbocycles. The van der Waals surface area contributed by atoms with Gasteiger partial charge in [0.2, 0.25) is 0 Å². The van der Waals surface area contributed by atoms with Crippen LogP contribution >= 0.6 is 11.6 Å². The van der Waals surface area contributed by atoms with Crippen LogP contribution in [0.25, 0.3) is 0 Å². The van der Waals surface area contributed by atoms with Gasteiger partial charge in [0, 0.05) is 6.54 Å². The third-order valence-corrected chi connectivity index (χ3v) is 2.93. The lowest BCUT2D eigenvalue weighted by atomic mass is 10.2. The summed E-state index contributed by atoms with van der Waals surface area (Å²) in [4.78, 5) is 17.4. The Kier molecular flexibility index (Phi) is 4.16. The Morgan fingerprint density at radius 2 is 2.37 bits per heavy atom. The molecule has 0 saturated heterocycles. The molecule has 0 radical (unpaired) electrons. The molecule has 0 aliphatic heterocycles. The van der Waals surface area contributed by atoms with Crippen LogP contribution in [0.4, 0.5) is 4.39 Å². The minimum atomic E-state index is -0.596. The van der Waals surface area contributed by atoms with Gasteiger partial charge < -0.3 is 9.32 Å². The normalized spacial score (nSPS) is 10.5. The Bertz CT molecular complexity index is 572. The maximum absolute atomic E-state index is 13.1. The summed E-state index contributed by atoms with van der Waals surface area (Å²) in [6.45, 7) is 2.57. The highest BCUT2D eigenvalue weighted by molar-refractivity contribution is 6.32. The SMILES string of the molecule is CCN(Cc1ccco1)C(=O)c1cc(F)cnc1Cl. The first kappa shape index (κ1) is 13.5. The van der Waals surface area contributed by atoms with Gasteiger partial charge in [0.05, 0.1) is 24.6 Å². The first-order valence-corrected chi connectivity index (χ1v) is 6.12. The van der Waals surface area contributed by atoms with E-state index in [0.717, 1.165) is 12.3 Å². The van der Waals surface area contributed by atoms with Crippen molar-refractivity contribution in [3.63, 3.8) is 0 Å². The summed E-state index contributed by atoms with van der Waals surface area (Å²) in [6.07, 6.45) is 2.51. The average molecular weight is 283 g/mol. The monoisotopic (exact) mass is 282 g/mol. The van der Waals surface area contributed by atoms with E-state index in [1.165, 1.54) is 11.2 Å². The molecule has 4 nitrogen and oxygen atoms in total. The second-order valence-corrected chi connectivity index (χ2v) is 4.25. The number of halogens is 2. The topological polar surface area (TPSA) is 46.3 Å². The second kappa shape index (κ2) is 5.84. The van der Waals surface area contributed by atoms with Crippen LogP contribution in [-0.4, -0.2) is 22.3 Å². The smallest absolute Gasteiger partial charge is 0.257 e. The number of hydrogen-bond donors (Lipinski definition) is 0. The molecule has 19 heavy (non-hydrogen) atoms. The van der Waals surface area contributed by atoms with Gasteiger partial charge >= 0.3 is 0 Å². The van der Waals surface area contributed by atoms with Gasteiger partial charge in [-0.05, 0) is 25.1 Å². The lowest BCUT2D eigenvalue weighted by Gasteiger charge is -2.20. The van der Waals surface area contributed by atoms with E-state index in [-0.39, 0.29) is 16.6 Å². The van der Waals surface area contributed by atoms with Crippen LogP contribution < -0.4 is 0 Å². The average Bonchev–Trinajstić information content (AvgIpc) is 2.91. The number of aromatic nitrogens is 1. The minimum Gasteiger partial charge on any atom is -0.467 e. The molecule has 0 unspecified atom stereocenters. The number of hydrogen-bond acceptors (Lipinski definition) is 3. The molecule has 2 aromatic rings. The quantitative estimate of drug-likeness (QED) is 0.810. The summed E-state index contributed by atoms with van der Waals surface area (Å²) in [7, 11) is 0. The molecule has 100 valence electrons. The van der Waals surface area contributed by atoms with E-state index in [1.54, 1.807) is 12.1 Å². The van der Waals surface area contributed by atoms with Gasteiger partial charge in [-0.1, -0.05) is 11.6 Å². The summed E-state index contributed by atoms with van der Waals surface area (Å²) >= 11 is 5.83. The lowest BCUT2D eigenvalue weighted by Crippen LogP contribution is -2.30. The van der Waals surface area contributed by atoms with Crippen molar-refractivity contribution in [2.45, 2.75) is 13.5 Å². The van der Waals surface area contributed by atoms with Crippen molar-refractivity contribution in [2.24, 2.45) is 0 Å². The number of pyridine rings is 1. The Balaban J connectivity index is 2.23. The van der Waals surface area contributed by atoms with E-state index >= 15 is 0 Å². The first-order valence-electron chi connectivity index (χ1n) is 5.74. The highest BCUT2D eigenvalue weighted by atomic mass is 35.5. The van der Waals surface area contributed by atoms with Crippen molar-refractivity contribution in [1.82, 2.24) is 9.88 Å². The third kappa shape index (κ3) is 3.12. The van der Waals surface area contributed by atoms with Crippen LogP contribution in [0.15, 0.2) is 35.1 Å². The fourth-order valence-corrected chi connectivity index (χ4v) is 1.84. The van der Waals surface area contributed by atoms with Gasteiger partial charge in [-0.25, -0.2) is 9.37 Å². The summed E-state index contributed by atoms with van der Waals surface area (Å²) in [6, 6.07) is 4.59. The van der Waals surface area contributed by atoms with E-state index in [4.69, 9.17) is 16.0 Å². The summed E-state index contributed by atoms with van der Waals surface area (Å²) in [5.41, 5.74) is 0.0510. The molecule has 2 rings (SSSR count). The number of carbonyl (C=O) groups is 1. The molecule has 0 fully saturated rings. The number of rotatable bonds is 4. The molecule has 0 aliphatic rings. The van der Waals surface area contributed by atoms with Crippen LogP contribution in [0.1, 0.15) is 23.0 Å². The maximum Gasteiger partial charge on any atom is 0.257 e. The molecule has 2 heterocycles. The molecule has 0 saturated carbocycles. The predicted molar refractivity (Wildman–Crippen MR) is 68.3 cm³/mol. The van der Waals surface area contributed by atoms with E-state index in [0.29, 0.717) is 18.8 Å². The molecule has 1 amide bonds. The molecule has 0 atom stereocenters. The molecule has 0 spiro atoms. The Labute approximate surface area is 114 Å². The first-order chi connectivity index (χ1) is 9.11. The van der Waals surface area contributed by atoms with Gasteiger partial charge in [-0.2, -0.15) is 0 Å². The van der Waals surface area contributed by atoms with Gasteiger partial charge in [0.15, 0.2) is 0 Å². The van der Waals surface area contributed by atoms with Crippen molar-refractivity contribution in [1.29, 1.82) is 0 Å². The van der Waals surface area contributed by atoms with Crippen molar-refractivity contribution < 1.29 is 13.6 Å². The van der Waals surface area contributed by atoms with E-state index < -0.39 is 5.82 Å². The zero-order chi connectivity index (χ0) is 13.8. The molecule has 0 N–H and O–H groups in total. The summed E-state index contributed by atoms with van der Waals surface area (Å²) in [5, 5.41) is -0.00991. The zero-order valence-corrected chi connectivity index (χ0v) is 11.0. The molecular formula is C13H12ClFN2O2. The zero-order valence-electron chi connectivity index (χ0n) is 10.3. The van der Waals surface area contributed by atoms with Gasteiger partial charge in [-0.3, -0.25) is 4.79 Å². The molecule has 0 bridgehead atoms. The third-order valence-electron chi connectivity index (χ3n) is 2.63. The van der Waals surface area contributed by atoms with E-state index in [9.17, 15) is 9.18 Å². The fraction of sp³-hybridized carbons (Fsp3) is 0.231. The van der Waals surface area contributed by atoms with Crippen molar-refractivity contribution in [3.8, 4) is 0 Å². The highest BCUT2D eigenvalue weighted by Gasteiger charge is 2.19. The van der Waals surface area contributed by atoms with Crippen LogP contribution in [0, 0.1) is 5.82 Å².